The maximum atomic E-state index is 12.7. The van der Waals surface area contributed by atoms with Crippen molar-refractivity contribution in [1.82, 2.24) is 0 Å². The molecule has 0 spiro atoms. The van der Waals surface area contributed by atoms with Crippen LogP contribution >= 0.6 is 23.2 Å². The molecule has 0 aliphatic rings. The highest BCUT2D eigenvalue weighted by molar-refractivity contribution is 7.95. The smallest absolute Gasteiger partial charge is 0.192 e. The van der Waals surface area contributed by atoms with Gasteiger partial charge in [0.05, 0.1) is 19.5 Å². The number of nitriles is 1. The number of nitrogens with zero attached hydrogens (tertiary/aromatic N) is 1. The van der Waals surface area contributed by atoms with Crippen LogP contribution in [0, 0.1) is 11.3 Å². The van der Waals surface area contributed by atoms with Crippen molar-refractivity contribution in [2.75, 3.05) is 13.7 Å². The number of hydrogen-bond donors (Lipinski definition) is 0. The molecule has 0 saturated heterocycles. The van der Waals surface area contributed by atoms with Gasteiger partial charge in [0.25, 0.3) is 0 Å². The zero-order valence-electron chi connectivity index (χ0n) is 14.7. The van der Waals surface area contributed by atoms with E-state index in [-0.39, 0.29) is 9.93 Å². The highest BCUT2D eigenvalue weighted by Crippen LogP contribution is 2.30. The van der Waals surface area contributed by atoms with Crippen molar-refractivity contribution in [2.45, 2.75) is 12.7 Å². The maximum absolute atomic E-state index is 12.7. The summed E-state index contributed by atoms with van der Waals surface area (Å²) < 4.78 is 36.0. The quantitative estimate of drug-likeness (QED) is 0.590. The molecule has 5 nitrogen and oxygen atoms in total. The molecule has 2 aromatic carbocycles. The number of methoxy groups -OCH3 is 1. The second-order valence-corrected chi connectivity index (χ2v) is 8.26. The largest absolute Gasteiger partial charge is 0.493 e. The minimum atomic E-state index is -3.90. The van der Waals surface area contributed by atoms with Crippen LogP contribution in [-0.4, -0.2) is 22.1 Å². The summed E-state index contributed by atoms with van der Waals surface area (Å²) in [5, 5.41) is 10.0. The van der Waals surface area contributed by atoms with Gasteiger partial charge < -0.3 is 9.47 Å². The van der Waals surface area contributed by atoms with E-state index in [1.807, 2.05) is 6.92 Å². The first-order valence-electron chi connectivity index (χ1n) is 7.90. The summed E-state index contributed by atoms with van der Waals surface area (Å²) in [5.41, 5.74) is 0.865. The van der Waals surface area contributed by atoms with Gasteiger partial charge in [-0.05, 0) is 48.4 Å². The summed E-state index contributed by atoms with van der Waals surface area (Å²) in [5.74, 6) is 0.573. The van der Waals surface area contributed by atoms with E-state index in [2.05, 4.69) is 0 Å². The highest BCUT2D eigenvalue weighted by atomic mass is 35.5. The average molecular weight is 426 g/mol. The summed E-state index contributed by atoms with van der Waals surface area (Å²) >= 11 is 11.9. The van der Waals surface area contributed by atoms with E-state index in [0.29, 0.717) is 34.3 Å². The monoisotopic (exact) mass is 425 g/mol. The molecule has 0 fully saturated rings. The molecule has 0 atom stereocenters. The van der Waals surface area contributed by atoms with E-state index in [9.17, 15) is 13.7 Å². The van der Waals surface area contributed by atoms with Gasteiger partial charge >= 0.3 is 0 Å². The average Bonchev–Trinajstić information content (AvgIpc) is 2.63. The molecule has 0 aromatic heterocycles. The number of hydrogen-bond acceptors (Lipinski definition) is 5. The van der Waals surface area contributed by atoms with Crippen molar-refractivity contribution in [3.8, 4) is 17.6 Å². The van der Waals surface area contributed by atoms with Gasteiger partial charge in [-0.15, -0.1) is 0 Å². The second-order valence-electron chi connectivity index (χ2n) is 5.46. The first-order chi connectivity index (χ1) is 12.8. The minimum Gasteiger partial charge on any atom is -0.493 e. The lowest BCUT2D eigenvalue weighted by Crippen LogP contribution is -2.07. The molecule has 27 heavy (non-hydrogen) atoms. The molecule has 2 aromatic rings. The molecule has 0 radical (unpaired) electrons. The fourth-order valence-corrected chi connectivity index (χ4v) is 4.14. The van der Waals surface area contributed by atoms with Crippen LogP contribution in [0.1, 0.15) is 18.1 Å². The first kappa shape index (κ1) is 21.1. The minimum absolute atomic E-state index is 0.228. The Kier molecular flexibility index (Phi) is 7.14. The predicted octanol–water partition coefficient (Wildman–Crippen LogP) is 4.88. The molecule has 0 N–H and O–H groups in total. The van der Waals surface area contributed by atoms with Gasteiger partial charge in [0.15, 0.2) is 21.3 Å². The Balaban J connectivity index is 2.38. The molecule has 0 saturated carbocycles. The van der Waals surface area contributed by atoms with Crippen LogP contribution in [-0.2, 0) is 15.6 Å². The third-order valence-corrected chi connectivity index (χ3v) is 5.75. The maximum Gasteiger partial charge on any atom is 0.192 e. The van der Waals surface area contributed by atoms with Gasteiger partial charge in [-0.25, -0.2) is 8.42 Å². The Labute approximate surface area is 168 Å². The van der Waals surface area contributed by atoms with Gasteiger partial charge in [0.2, 0.25) is 0 Å². The molecule has 0 aliphatic carbocycles. The van der Waals surface area contributed by atoms with Gasteiger partial charge in [-0.1, -0.05) is 35.3 Å². The Morgan fingerprint density at radius 2 is 1.93 bits per heavy atom. The normalized spacial score (nSPS) is 11.7. The SMILES string of the molecule is CCOc1ccc(/C=C(/C#N)S(=O)(=O)Cc2ccc(Cl)cc2Cl)cc1OC. The van der Waals surface area contributed by atoms with Crippen LogP contribution in [0.4, 0.5) is 0 Å². The van der Waals surface area contributed by atoms with Crippen molar-refractivity contribution >= 4 is 39.1 Å². The van der Waals surface area contributed by atoms with Crippen molar-refractivity contribution < 1.29 is 17.9 Å². The van der Waals surface area contributed by atoms with Crippen molar-refractivity contribution in [2.24, 2.45) is 0 Å². The van der Waals surface area contributed by atoms with Gasteiger partial charge in [-0.3, -0.25) is 0 Å². The van der Waals surface area contributed by atoms with E-state index < -0.39 is 15.6 Å². The number of halogens is 2. The van der Waals surface area contributed by atoms with Crippen LogP contribution in [0.25, 0.3) is 6.08 Å². The standard InChI is InChI=1S/C19H17Cl2NO4S/c1-3-26-18-7-4-13(9-19(18)25-2)8-16(11-22)27(23,24)12-14-5-6-15(20)10-17(14)21/h4-10H,3,12H2,1-2H3/b16-8-. The molecule has 0 aliphatic heterocycles. The lowest BCUT2D eigenvalue weighted by Gasteiger charge is -2.10. The fraction of sp³-hybridized carbons (Fsp3) is 0.211. The molecule has 2 rings (SSSR count). The Morgan fingerprint density at radius 3 is 2.52 bits per heavy atom. The van der Waals surface area contributed by atoms with Crippen LogP contribution in [0.15, 0.2) is 41.3 Å². The Morgan fingerprint density at radius 1 is 1.19 bits per heavy atom. The summed E-state index contributed by atoms with van der Waals surface area (Å²) in [4.78, 5) is -0.375. The van der Waals surface area contributed by atoms with Crippen molar-refractivity contribution in [3.63, 3.8) is 0 Å². The molecular formula is C19H17Cl2NO4S. The zero-order valence-corrected chi connectivity index (χ0v) is 17.0. The zero-order chi connectivity index (χ0) is 20.0. The molecular weight excluding hydrogens is 409 g/mol. The van der Waals surface area contributed by atoms with Gasteiger partial charge in [-0.2, -0.15) is 5.26 Å². The number of sulfone groups is 1. The summed E-state index contributed by atoms with van der Waals surface area (Å²) in [6.07, 6.45) is 1.29. The molecule has 142 valence electrons. The number of rotatable bonds is 7. The van der Waals surface area contributed by atoms with Crippen LogP contribution in [0.5, 0.6) is 11.5 Å². The number of ether oxygens (including phenoxy) is 2. The topological polar surface area (TPSA) is 76.4 Å². The summed E-state index contributed by atoms with van der Waals surface area (Å²) in [6, 6.07) is 11.2. The lowest BCUT2D eigenvalue weighted by atomic mass is 10.2. The van der Waals surface area contributed by atoms with Crippen LogP contribution < -0.4 is 9.47 Å². The molecule has 8 heteroatoms. The highest BCUT2D eigenvalue weighted by Gasteiger charge is 2.20. The molecule has 0 unspecified atom stereocenters. The van der Waals surface area contributed by atoms with Crippen LogP contribution in [0.3, 0.4) is 0 Å². The molecule has 0 amide bonds. The second kappa shape index (κ2) is 9.14. The van der Waals surface area contributed by atoms with E-state index >= 15 is 0 Å². The number of benzene rings is 2. The van der Waals surface area contributed by atoms with E-state index in [1.165, 1.54) is 25.3 Å². The van der Waals surface area contributed by atoms with Gasteiger partial charge in [0.1, 0.15) is 11.0 Å². The summed E-state index contributed by atoms with van der Waals surface area (Å²) in [7, 11) is -2.42. The third kappa shape index (κ3) is 5.39. The summed E-state index contributed by atoms with van der Waals surface area (Å²) in [6.45, 7) is 2.31. The number of allylic oxidation sites excluding steroid dienone is 1. The van der Waals surface area contributed by atoms with Crippen molar-refractivity contribution in [1.29, 1.82) is 5.26 Å². The van der Waals surface area contributed by atoms with Crippen molar-refractivity contribution in [3.05, 3.63) is 62.5 Å². The van der Waals surface area contributed by atoms with Crippen LogP contribution in [0.2, 0.25) is 10.0 Å². The molecule has 0 heterocycles. The van der Waals surface area contributed by atoms with E-state index in [4.69, 9.17) is 32.7 Å². The van der Waals surface area contributed by atoms with E-state index in [0.717, 1.165) is 0 Å². The Hall–Kier alpha value is -2.20. The fourth-order valence-electron chi connectivity index (χ4n) is 2.31. The first-order valence-corrected chi connectivity index (χ1v) is 10.3. The van der Waals surface area contributed by atoms with Gasteiger partial charge in [0, 0.05) is 10.0 Å². The third-order valence-electron chi connectivity index (χ3n) is 3.59. The Bertz CT molecular complexity index is 1010. The van der Waals surface area contributed by atoms with E-state index in [1.54, 1.807) is 30.3 Å². The molecule has 0 bridgehead atoms. The predicted molar refractivity (Wildman–Crippen MR) is 107 cm³/mol. The lowest BCUT2D eigenvalue weighted by molar-refractivity contribution is 0.311.